The zero-order valence-corrected chi connectivity index (χ0v) is 10.2. The van der Waals surface area contributed by atoms with Crippen molar-refractivity contribution in [1.82, 2.24) is 10.3 Å². The van der Waals surface area contributed by atoms with Crippen molar-refractivity contribution in [3.8, 4) is 11.1 Å². The number of rotatable bonds is 2. The molecule has 1 N–H and O–H groups in total. The molecule has 3 nitrogen and oxygen atoms in total. The lowest BCUT2D eigenvalue weighted by molar-refractivity contribution is 0.0962. The van der Waals surface area contributed by atoms with E-state index in [1.165, 1.54) is 19.2 Å². The molecule has 0 fully saturated rings. The topological polar surface area (TPSA) is 42.0 Å². The Bertz CT molecular complexity index is 596. The molecule has 1 aromatic heterocycles. The van der Waals surface area contributed by atoms with Gasteiger partial charge in [-0.25, -0.2) is 4.39 Å². The van der Waals surface area contributed by atoms with Gasteiger partial charge in [-0.1, -0.05) is 6.07 Å². The van der Waals surface area contributed by atoms with Crippen LogP contribution < -0.4 is 5.32 Å². The third-order valence-corrected chi connectivity index (χ3v) is 2.70. The highest BCUT2D eigenvalue weighted by molar-refractivity contribution is 5.95. The number of aryl methyl sites for hydroxylation is 1. The first-order valence-corrected chi connectivity index (χ1v) is 5.56. The Morgan fingerprint density at radius 3 is 2.78 bits per heavy atom. The fourth-order valence-electron chi connectivity index (χ4n) is 1.81. The van der Waals surface area contributed by atoms with Crippen LogP contribution in [0.25, 0.3) is 11.1 Å². The lowest BCUT2D eigenvalue weighted by Crippen LogP contribution is -2.18. The van der Waals surface area contributed by atoms with Gasteiger partial charge in [-0.2, -0.15) is 0 Å². The zero-order valence-electron chi connectivity index (χ0n) is 10.2. The number of nitrogens with zero attached hydrogens (tertiary/aromatic N) is 1. The number of amides is 1. The van der Waals surface area contributed by atoms with E-state index in [0.717, 1.165) is 11.3 Å². The average molecular weight is 244 g/mol. The Hall–Kier alpha value is -2.23. The average Bonchev–Trinajstić information content (AvgIpc) is 2.37. The number of benzene rings is 1. The second-order valence-corrected chi connectivity index (χ2v) is 3.94. The number of carbonyl (C=O) groups is 1. The molecular weight excluding hydrogens is 231 g/mol. The van der Waals surface area contributed by atoms with Crippen LogP contribution in [-0.2, 0) is 0 Å². The molecule has 4 heteroatoms. The molecule has 1 aromatic carbocycles. The fraction of sp³-hybridized carbons (Fsp3) is 0.143. The normalized spacial score (nSPS) is 10.2. The smallest absolute Gasteiger partial charge is 0.251 e. The number of hydrogen-bond acceptors (Lipinski definition) is 2. The molecule has 0 aliphatic carbocycles. The molecule has 0 radical (unpaired) electrons. The van der Waals surface area contributed by atoms with Crippen LogP contribution in [0.2, 0.25) is 0 Å². The predicted octanol–water partition coefficient (Wildman–Crippen LogP) is 2.56. The van der Waals surface area contributed by atoms with Crippen LogP contribution in [0.4, 0.5) is 4.39 Å². The molecule has 2 rings (SSSR count). The molecule has 2 aromatic rings. The van der Waals surface area contributed by atoms with Crippen molar-refractivity contribution < 1.29 is 9.18 Å². The van der Waals surface area contributed by atoms with E-state index in [-0.39, 0.29) is 5.91 Å². The van der Waals surface area contributed by atoms with Gasteiger partial charge in [0.25, 0.3) is 5.91 Å². The minimum atomic E-state index is -0.436. The van der Waals surface area contributed by atoms with Crippen molar-refractivity contribution in [2.24, 2.45) is 0 Å². The molecule has 0 saturated carbocycles. The van der Waals surface area contributed by atoms with Crippen LogP contribution in [0.3, 0.4) is 0 Å². The SMILES string of the molecule is CNC(=O)c1cc(F)cc(-c2cccnc2C)c1. The van der Waals surface area contributed by atoms with Crippen molar-refractivity contribution >= 4 is 5.91 Å². The highest BCUT2D eigenvalue weighted by atomic mass is 19.1. The first-order valence-electron chi connectivity index (χ1n) is 5.56. The van der Waals surface area contributed by atoms with Crippen LogP contribution in [0.5, 0.6) is 0 Å². The second kappa shape index (κ2) is 4.96. The van der Waals surface area contributed by atoms with E-state index in [1.807, 2.05) is 13.0 Å². The molecule has 92 valence electrons. The van der Waals surface area contributed by atoms with E-state index in [4.69, 9.17) is 0 Å². The van der Waals surface area contributed by atoms with Crippen LogP contribution in [-0.4, -0.2) is 17.9 Å². The molecule has 1 amide bonds. The van der Waals surface area contributed by atoms with Crippen molar-refractivity contribution in [1.29, 1.82) is 0 Å². The van der Waals surface area contributed by atoms with Gasteiger partial charge < -0.3 is 5.32 Å². The van der Waals surface area contributed by atoms with Crippen molar-refractivity contribution in [3.63, 3.8) is 0 Å². The monoisotopic (exact) mass is 244 g/mol. The number of pyridine rings is 1. The predicted molar refractivity (Wildman–Crippen MR) is 67.8 cm³/mol. The summed E-state index contributed by atoms with van der Waals surface area (Å²) in [6.45, 7) is 1.85. The fourth-order valence-corrected chi connectivity index (χ4v) is 1.81. The Balaban J connectivity index is 2.55. The van der Waals surface area contributed by atoms with E-state index >= 15 is 0 Å². The number of aromatic nitrogens is 1. The third kappa shape index (κ3) is 2.37. The van der Waals surface area contributed by atoms with Gasteiger partial charge in [0.05, 0.1) is 0 Å². The lowest BCUT2D eigenvalue weighted by Gasteiger charge is -2.07. The molecule has 0 unspecified atom stereocenters. The quantitative estimate of drug-likeness (QED) is 0.882. The summed E-state index contributed by atoms with van der Waals surface area (Å²) < 4.78 is 13.5. The van der Waals surface area contributed by atoms with Gasteiger partial charge in [-0.3, -0.25) is 9.78 Å². The second-order valence-electron chi connectivity index (χ2n) is 3.94. The molecule has 0 atom stereocenters. The first-order chi connectivity index (χ1) is 8.61. The van der Waals surface area contributed by atoms with E-state index in [2.05, 4.69) is 10.3 Å². The highest BCUT2D eigenvalue weighted by Crippen LogP contribution is 2.24. The Labute approximate surface area is 105 Å². The number of nitrogens with one attached hydrogen (secondary N) is 1. The first kappa shape index (κ1) is 12.2. The molecule has 0 aliphatic heterocycles. The van der Waals surface area contributed by atoms with Crippen LogP contribution in [0.1, 0.15) is 16.1 Å². The maximum absolute atomic E-state index is 13.5. The number of carbonyl (C=O) groups excluding carboxylic acids is 1. The van der Waals surface area contributed by atoms with E-state index in [9.17, 15) is 9.18 Å². The van der Waals surface area contributed by atoms with Gasteiger partial charge in [0.15, 0.2) is 0 Å². The molecule has 0 aliphatic rings. The summed E-state index contributed by atoms with van der Waals surface area (Å²) in [6.07, 6.45) is 1.68. The number of halogens is 1. The van der Waals surface area contributed by atoms with Gasteiger partial charge in [0.2, 0.25) is 0 Å². The summed E-state index contributed by atoms with van der Waals surface area (Å²) in [5.74, 6) is -0.744. The van der Waals surface area contributed by atoms with Crippen LogP contribution in [0.15, 0.2) is 36.5 Å². The Morgan fingerprint density at radius 2 is 2.11 bits per heavy atom. The van der Waals surface area contributed by atoms with Crippen molar-refractivity contribution in [2.45, 2.75) is 6.92 Å². The van der Waals surface area contributed by atoms with Crippen LogP contribution in [0, 0.1) is 12.7 Å². The van der Waals surface area contributed by atoms with E-state index in [0.29, 0.717) is 11.1 Å². The maximum atomic E-state index is 13.5. The molecule has 0 saturated heterocycles. The summed E-state index contributed by atoms with van der Waals surface area (Å²) >= 11 is 0. The van der Waals surface area contributed by atoms with Gasteiger partial charge in [0, 0.05) is 30.1 Å². The van der Waals surface area contributed by atoms with E-state index in [1.54, 1.807) is 18.3 Å². The zero-order chi connectivity index (χ0) is 13.1. The Morgan fingerprint density at radius 1 is 1.33 bits per heavy atom. The summed E-state index contributed by atoms with van der Waals surface area (Å²) in [6, 6.07) is 7.91. The minimum Gasteiger partial charge on any atom is -0.355 e. The summed E-state index contributed by atoms with van der Waals surface area (Å²) in [5, 5.41) is 2.48. The molecule has 18 heavy (non-hydrogen) atoms. The molecule has 1 heterocycles. The van der Waals surface area contributed by atoms with Crippen LogP contribution >= 0.6 is 0 Å². The highest BCUT2D eigenvalue weighted by Gasteiger charge is 2.10. The standard InChI is InChI=1S/C14H13FN2O/c1-9-13(4-3-5-17-9)10-6-11(14(18)16-2)8-12(15)7-10/h3-8H,1-2H3,(H,16,18). The van der Waals surface area contributed by atoms with Crippen molar-refractivity contribution in [2.75, 3.05) is 7.05 Å². The maximum Gasteiger partial charge on any atom is 0.251 e. The largest absolute Gasteiger partial charge is 0.355 e. The summed E-state index contributed by atoms with van der Waals surface area (Å²) in [4.78, 5) is 15.7. The summed E-state index contributed by atoms with van der Waals surface area (Å²) in [7, 11) is 1.52. The Kier molecular flexibility index (Phi) is 3.37. The molecular formula is C14H13FN2O. The van der Waals surface area contributed by atoms with E-state index < -0.39 is 5.82 Å². The lowest BCUT2D eigenvalue weighted by atomic mass is 10.0. The molecule has 0 bridgehead atoms. The van der Waals surface area contributed by atoms with Crippen molar-refractivity contribution in [3.05, 3.63) is 53.6 Å². The van der Waals surface area contributed by atoms with Gasteiger partial charge >= 0.3 is 0 Å². The molecule has 0 spiro atoms. The van der Waals surface area contributed by atoms with Gasteiger partial charge in [-0.05, 0) is 36.8 Å². The van der Waals surface area contributed by atoms with Gasteiger partial charge in [0.1, 0.15) is 5.82 Å². The number of hydrogen-bond donors (Lipinski definition) is 1. The third-order valence-electron chi connectivity index (χ3n) is 2.70. The van der Waals surface area contributed by atoms with Gasteiger partial charge in [-0.15, -0.1) is 0 Å². The minimum absolute atomic E-state index is 0.302. The summed E-state index contributed by atoms with van der Waals surface area (Å²) in [5.41, 5.74) is 2.57.